The molecule has 5 nitrogen and oxygen atoms in total. The molecule has 2 aromatic rings. The van der Waals surface area contributed by atoms with E-state index < -0.39 is 15.8 Å². The second-order valence-electron chi connectivity index (χ2n) is 6.51. The summed E-state index contributed by atoms with van der Waals surface area (Å²) in [7, 11) is -3.73. The van der Waals surface area contributed by atoms with Gasteiger partial charge in [0.05, 0.1) is 16.3 Å². The fourth-order valence-corrected chi connectivity index (χ4v) is 4.11. The highest BCUT2D eigenvalue weighted by atomic mass is 32.2. The van der Waals surface area contributed by atoms with E-state index in [-0.39, 0.29) is 10.6 Å². The van der Waals surface area contributed by atoms with E-state index in [2.05, 4.69) is 16.5 Å². The highest BCUT2D eigenvalue weighted by Crippen LogP contribution is 2.25. The van der Waals surface area contributed by atoms with Crippen LogP contribution in [0.15, 0.2) is 47.4 Å². The molecular formula is C19H24FN3O2S. The monoisotopic (exact) mass is 377 g/mol. The van der Waals surface area contributed by atoms with Crippen LogP contribution in [-0.2, 0) is 10.0 Å². The average Bonchev–Trinajstić information content (AvgIpc) is 2.62. The minimum absolute atomic E-state index is 0.156. The fourth-order valence-electron chi connectivity index (χ4n) is 3.06. The molecule has 1 fully saturated rings. The van der Waals surface area contributed by atoms with Crippen LogP contribution in [0.2, 0.25) is 0 Å². The quantitative estimate of drug-likeness (QED) is 0.870. The van der Waals surface area contributed by atoms with E-state index >= 15 is 0 Å². The van der Waals surface area contributed by atoms with E-state index in [1.54, 1.807) is 24.3 Å². The lowest BCUT2D eigenvalue weighted by molar-refractivity contribution is 0.270. The third kappa shape index (κ3) is 4.16. The predicted octanol–water partition coefficient (Wildman–Crippen LogP) is 3.08. The van der Waals surface area contributed by atoms with Crippen molar-refractivity contribution >= 4 is 21.4 Å². The Morgan fingerprint density at radius 1 is 1.04 bits per heavy atom. The van der Waals surface area contributed by atoms with Crippen molar-refractivity contribution in [3.05, 3.63) is 53.8 Å². The van der Waals surface area contributed by atoms with Crippen molar-refractivity contribution in [1.29, 1.82) is 0 Å². The largest absolute Gasteiger partial charge is 0.367 e. The van der Waals surface area contributed by atoms with E-state index in [1.165, 1.54) is 18.2 Å². The number of rotatable bonds is 5. The van der Waals surface area contributed by atoms with E-state index in [4.69, 9.17) is 0 Å². The highest BCUT2D eigenvalue weighted by molar-refractivity contribution is 7.92. The maximum atomic E-state index is 14.6. The van der Waals surface area contributed by atoms with E-state index in [9.17, 15) is 12.8 Å². The Hall–Kier alpha value is -2.12. The molecule has 1 N–H and O–H groups in total. The lowest BCUT2D eigenvalue weighted by Crippen LogP contribution is -2.46. The predicted molar refractivity (Wildman–Crippen MR) is 103 cm³/mol. The lowest BCUT2D eigenvalue weighted by atomic mass is 10.2. The highest BCUT2D eigenvalue weighted by Gasteiger charge is 2.20. The van der Waals surface area contributed by atoms with Crippen LogP contribution in [0.5, 0.6) is 0 Å². The topological polar surface area (TPSA) is 52.6 Å². The zero-order valence-electron chi connectivity index (χ0n) is 15.1. The van der Waals surface area contributed by atoms with Crippen molar-refractivity contribution in [3.8, 4) is 0 Å². The van der Waals surface area contributed by atoms with Gasteiger partial charge in [-0.25, -0.2) is 12.8 Å². The lowest BCUT2D eigenvalue weighted by Gasteiger charge is -2.35. The van der Waals surface area contributed by atoms with Crippen molar-refractivity contribution < 1.29 is 12.8 Å². The second-order valence-corrected chi connectivity index (χ2v) is 8.19. The van der Waals surface area contributed by atoms with Gasteiger partial charge in [-0.05, 0) is 37.7 Å². The number of likely N-dealkylation sites (N-methyl/N-ethyl adjacent to an activating group) is 1. The molecule has 0 radical (unpaired) electrons. The first kappa shape index (κ1) is 18.7. The Labute approximate surface area is 154 Å². The maximum Gasteiger partial charge on any atom is 0.261 e. The third-order valence-corrected chi connectivity index (χ3v) is 6.09. The first-order chi connectivity index (χ1) is 12.4. The second kappa shape index (κ2) is 7.63. The molecule has 0 spiro atoms. The summed E-state index contributed by atoms with van der Waals surface area (Å²) >= 11 is 0. The number of piperazine rings is 1. The Morgan fingerprint density at radius 3 is 2.27 bits per heavy atom. The Morgan fingerprint density at radius 2 is 1.69 bits per heavy atom. The Kier molecular flexibility index (Phi) is 5.48. The summed E-state index contributed by atoms with van der Waals surface area (Å²) < 4.78 is 41.9. The smallest absolute Gasteiger partial charge is 0.261 e. The van der Waals surface area contributed by atoms with Crippen molar-refractivity contribution in [2.24, 2.45) is 0 Å². The molecule has 1 aliphatic rings. The number of nitrogens with zero attached hydrogens (tertiary/aromatic N) is 2. The molecule has 0 unspecified atom stereocenters. The molecule has 0 atom stereocenters. The molecule has 0 aliphatic carbocycles. The molecule has 140 valence electrons. The van der Waals surface area contributed by atoms with Crippen LogP contribution in [0, 0.1) is 12.7 Å². The minimum atomic E-state index is -3.73. The number of hydrogen-bond donors (Lipinski definition) is 1. The fraction of sp³-hybridized carbons (Fsp3) is 0.368. The van der Waals surface area contributed by atoms with Gasteiger partial charge in [-0.2, -0.15) is 0 Å². The molecule has 0 aromatic heterocycles. The van der Waals surface area contributed by atoms with Crippen molar-refractivity contribution in [1.82, 2.24) is 4.90 Å². The number of benzene rings is 2. The summed E-state index contributed by atoms with van der Waals surface area (Å²) in [6.07, 6.45) is 0. The molecule has 1 heterocycles. The first-order valence-electron chi connectivity index (χ1n) is 8.75. The van der Waals surface area contributed by atoms with Gasteiger partial charge < -0.3 is 9.80 Å². The summed E-state index contributed by atoms with van der Waals surface area (Å²) in [6.45, 7) is 8.33. The van der Waals surface area contributed by atoms with E-state index in [0.717, 1.165) is 38.3 Å². The van der Waals surface area contributed by atoms with Crippen LogP contribution in [0.1, 0.15) is 12.5 Å². The van der Waals surface area contributed by atoms with Crippen LogP contribution < -0.4 is 9.62 Å². The standard InChI is InChI=1S/C19H24FN3O2S/c1-3-22-10-12-23(13-11-22)19-9-6-16(14-18(19)20)21-26(24,25)17-7-4-15(2)5-8-17/h4-9,14,21H,3,10-13H2,1-2H3. The van der Waals surface area contributed by atoms with Gasteiger partial charge in [-0.3, -0.25) is 4.72 Å². The van der Waals surface area contributed by atoms with Crippen molar-refractivity contribution in [2.45, 2.75) is 18.7 Å². The Bertz CT molecular complexity index is 861. The number of anilines is 2. The van der Waals surface area contributed by atoms with Crippen molar-refractivity contribution in [3.63, 3.8) is 0 Å². The van der Waals surface area contributed by atoms with Gasteiger partial charge in [0.1, 0.15) is 5.82 Å². The summed E-state index contributed by atoms with van der Waals surface area (Å²) in [6, 6.07) is 11.0. The molecule has 0 saturated carbocycles. The number of aryl methyl sites for hydroxylation is 1. The molecule has 3 rings (SSSR count). The average molecular weight is 377 g/mol. The molecular weight excluding hydrogens is 353 g/mol. The zero-order chi connectivity index (χ0) is 18.7. The van der Waals surface area contributed by atoms with Crippen LogP contribution in [-0.4, -0.2) is 46.0 Å². The van der Waals surface area contributed by atoms with Gasteiger partial charge in [0.15, 0.2) is 0 Å². The maximum absolute atomic E-state index is 14.6. The summed E-state index contributed by atoms with van der Waals surface area (Å²) in [5.74, 6) is -0.418. The van der Waals surface area contributed by atoms with Crippen LogP contribution in [0.25, 0.3) is 0 Å². The molecule has 2 aromatic carbocycles. The summed E-state index contributed by atoms with van der Waals surface area (Å²) in [5.41, 5.74) is 1.71. The number of nitrogens with one attached hydrogen (secondary N) is 1. The first-order valence-corrected chi connectivity index (χ1v) is 10.2. The van der Waals surface area contributed by atoms with Gasteiger partial charge in [0.25, 0.3) is 10.0 Å². The molecule has 1 saturated heterocycles. The molecule has 1 aliphatic heterocycles. The summed E-state index contributed by atoms with van der Waals surface area (Å²) in [4.78, 5) is 4.47. The molecule has 26 heavy (non-hydrogen) atoms. The number of halogens is 1. The SMILES string of the molecule is CCN1CCN(c2ccc(NS(=O)(=O)c3ccc(C)cc3)cc2F)CC1. The number of hydrogen-bond acceptors (Lipinski definition) is 4. The van der Waals surface area contributed by atoms with Gasteiger partial charge in [0.2, 0.25) is 0 Å². The third-order valence-electron chi connectivity index (χ3n) is 4.69. The molecule has 0 bridgehead atoms. The Balaban J connectivity index is 1.74. The minimum Gasteiger partial charge on any atom is -0.367 e. The van der Waals surface area contributed by atoms with Crippen LogP contribution in [0.3, 0.4) is 0 Å². The summed E-state index contributed by atoms with van der Waals surface area (Å²) in [5, 5.41) is 0. The van der Waals surface area contributed by atoms with E-state index in [1.807, 2.05) is 11.8 Å². The van der Waals surface area contributed by atoms with E-state index in [0.29, 0.717) is 5.69 Å². The van der Waals surface area contributed by atoms with Gasteiger partial charge >= 0.3 is 0 Å². The van der Waals surface area contributed by atoms with Gasteiger partial charge in [0, 0.05) is 32.2 Å². The van der Waals surface area contributed by atoms with Crippen LogP contribution in [0.4, 0.5) is 15.8 Å². The van der Waals surface area contributed by atoms with Crippen LogP contribution >= 0.6 is 0 Å². The molecule has 0 amide bonds. The number of sulfonamides is 1. The molecule has 7 heteroatoms. The van der Waals surface area contributed by atoms with Gasteiger partial charge in [-0.15, -0.1) is 0 Å². The normalized spacial score (nSPS) is 15.9. The van der Waals surface area contributed by atoms with Crippen molar-refractivity contribution in [2.75, 3.05) is 42.3 Å². The van der Waals surface area contributed by atoms with Gasteiger partial charge in [-0.1, -0.05) is 24.6 Å². The zero-order valence-corrected chi connectivity index (χ0v) is 15.9.